The Morgan fingerprint density at radius 1 is 1.08 bits per heavy atom. The van der Waals surface area contributed by atoms with Crippen LogP contribution in [-0.4, -0.2) is 30.1 Å². The minimum Gasteiger partial charge on any atom is -0.467 e. The van der Waals surface area contributed by atoms with Gasteiger partial charge in [-0.05, 0) is 95.2 Å². The Morgan fingerprint density at radius 3 is 2.59 bits per heavy atom. The molecule has 0 radical (unpaired) electrons. The monoisotopic (exact) mass is 500 g/mol. The van der Waals surface area contributed by atoms with Crippen LogP contribution < -0.4 is 5.56 Å². The van der Waals surface area contributed by atoms with Gasteiger partial charge in [0.1, 0.15) is 18.1 Å². The van der Waals surface area contributed by atoms with E-state index in [0.29, 0.717) is 37.4 Å². The third-order valence-corrected chi connectivity index (χ3v) is 6.78. The Kier molecular flexibility index (Phi) is 6.96. The van der Waals surface area contributed by atoms with E-state index in [1.807, 2.05) is 31.2 Å². The number of hydrogen-bond donors (Lipinski definition) is 1. The Bertz CT molecular complexity index is 1560. The van der Waals surface area contributed by atoms with E-state index >= 15 is 0 Å². The number of benzene rings is 2. The number of aromatic nitrogens is 5. The molecular formula is C28H29FN6O2. The molecule has 190 valence electrons. The summed E-state index contributed by atoms with van der Waals surface area (Å²) in [5.41, 5.74) is 4.54. The maximum atomic E-state index is 13.6. The third kappa shape index (κ3) is 5.36. The molecule has 0 saturated carbocycles. The minimum absolute atomic E-state index is 0.134. The van der Waals surface area contributed by atoms with Gasteiger partial charge in [0.05, 0.1) is 12.3 Å². The second-order valence-corrected chi connectivity index (χ2v) is 9.38. The number of furan rings is 1. The standard InChI is InChI=1S/C28H29FN6O2/c1-4-26(27-31-32-33-35(27)17-24-6-5-11-37-24)34(15-20-7-9-23(29)10-8-20)16-22-14-21-12-18(2)19(3)13-25(21)30-28(22)36/h5-14,26H,4,15-17H2,1-3H3,(H,30,36). The topological polar surface area (TPSA) is 92.8 Å². The molecule has 0 amide bonds. The van der Waals surface area contributed by atoms with Gasteiger partial charge in [-0.3, -0.25) is 9.69 Å². The molecule has 0 bridgehead atoms. The zero-order valence-corrected chi connectivity index (χ0v) is 21.1. The summed E-state index contributed by atoms with van der Waals surface area (Å²) in [4.78, 5) is 18.4. The summed E-state index contributed by atoms with van der Waals surface area (Å²) in [5.74, 6) is 1.12. The molecule has 1 N–H and O–H groups in total. The van der Waals surface area contributed by atoms with Crippen LogP contribution in [-0.2, 0) is 19.6 Å². The van der Waals surface area contributed by atoms with E-state index < -0.39 is 0 Å². The van der Waals surface area contributed by atoms with Crippen molar-refractivity contribution >= 4 is 10.9 Å². The first-order valence-electron chi connectivity index (χ1n) is 12.3. The lowest BCUT2D eigenvalue weighted by atomic mass is 10.0. The van der Waals surface area contributed by atoms with Crippen molar-refractivity contribution in [2.45, 2.75) is 52.9 Å². The molecule has 5 aromatic rings. The zero-order valence-electron chi connectivity index (χ0n) is 21.1. The van der Waals surface area contributed by atoms with Crippen molar-refractivity contribution in [1.82, 2.24) is 30.1 Å². The zero-order chi connectivity index (χ0) is 25.9. The molecule has 3 heterocycles. The first-order valence-corrected chi connectivity index (χ1v) is 12.3. The summed E-state index contributed by atoms with van der Waals surface area (Å²) in [7, 11) is 0. The number of hydrogen-bond acceptors (Lipinski definition) is 6. The van der Waals surface area contributed by atoms with Crippen LogP contribution in [0.25, 0.3) is 10.9 Å². The summed E-state index contributed by atoms with van der Waals surface area (Å²) in [5, 5.41) is 13.5. The smallest absolute Gasteiger partial charge is 0.252 e. The van der Waals surface area contributed by atoms with Crippen LogP contribution in [0.15, 0.2) is 70.1 Å². The van der Waals surface area contributed by atoms with Crippen LogP contribution in [0.2, 0.25) is 0 Å². The van der Waals surface area contributed by atoms with E-state index in [1.54, 1.807) is 23.1 Å². The van der Waals surface area contributed by atoms with E-state index in [4.69, 9.17) is 4.42 Å². The maximum Gasteiger partial charge on any atom is 0.252 e. The number of aromatic amines is 1. The van der Waals surface area contributed by atoms with Crippen molar-refractivity contribution in [3.05, 3.63) is 111 Å². The summed E-state index contributed by atoms with van der Waals surface area (Å²) in [6, 6.07) is 16.0. The van der Waals surface area contributed by atoms with Gasteiger partial charge in [-0.25, -0.2) is 9.07 Å². The van der Waals surface area contributed by atoms with Crippen LogP contribution in [0, 0.1) is 19.7 Å². The van der Waals surface area contributed by atoms with Gasteiger partial charge in [0.2, 0.25) is 0 Å². The molecule has 0 saturated heterocycles. The molecule has 1 atom stereocenters. The van der Waals surface area contributed by atoms with Crippen LogP contribution in [0.3, 0.4) is 0 Å². The van der Waals surface area contributed by atoms with Crippen molar-refractivity contribution in [1.29, 1.82) is 0 Å². The Balaban J connectivity index is 1.53. The minimum atomic E-state index is -0.290. The van der Waals surface area contributed by atoms with Gasteiger partial charge in [0.25, 0.3) is 5.56 Å². The summed E-state index contributed by atoms with van der Waals surface area (Å²) >= 11 is 0. The van der Waals surface area contributed by atoms with E-state index in [1.165, 1.54) is 12.1 Å². The van der Waals surface area contributed by atoms with Gasteiger partial charge in [0.15, 0.2) is 5.82 Å². The SMILES string of the molecule is CCC(c1nnnn1Cc1ccco1)N(Cc1ccc(F)cc1)Cc1cc2cc(C)c(C)cc2[nH]c1=O. The van der Waals surface area contributed by atoms with Crippen LogP contribution in [0.5, 0.6) is 0 Å². The number of halogens is 1. The fourth-order valence-corrected chi connectivity index (χ4v) is 4.68. The van der Waals surface area contributed by atoms with Gasteiger partial charge in [-0.1, -0.05) is 19.1 Å². The van der Waals surface area contributed by atoms with E-state index in [9.17, 15) is 9.18 Å². The molecule has 37 heavy (non-hydrogen) atoms. The van der Waals surface area contributed by atoms with E-state index in [-0.39, 0.29) is 17.4 Å². The molecule has 2 aromatic carbocycles. The van der Waals surface area contributed by atoms with E-state index in [2.05, 4.69) is 45.3 Å². The average molecular weight is 501 g/mol. The van der Waals surface area contributed by atoms with Gasteiger partial charge in [-0.2, -0.15) is 0 Å². The van der Waals surface area contributed by atoms with Crippen molar-refractivity contribution in [3.8, 4) is 0 Å². The largest absolute Gasteiger partial charge is 0.467 e. The van der Waals surface area contributed by atoms with Crippen LogP contribution in [0.1, 0.15) is 53.2 Å². The molecule has 0 fully saturated rings. The Hall–Kier alpha value is -4.11. The lowest BCUT2D eigenvalue weighted by Gasteiger charge is -2.30. The third-order valence-electron chi connectivity index (χ3n) is 6.78. The van der Waals surface area contributed by atoms with Gasteiger partial charge >= 0.3 is 0 Å². The lowest BCUT2D eigenvalue weighted by molar-refractivity contribution is 0.161. The second kappa shape index (κ2) is 10.5. The van der Waals surface area contributed by atoms with Crippen molar-refractivity contribution in [2.24, 2.45) is 0 Å². The highest BCUT2D eigenvalue weighted by Crippen LogP contribution is 2.27. The number of nitrogens with one attached hydrogen (secondary N) is 1. The summed E-state index contributed by atoms with van der Waals surface area (Å²) < 4.78 is 20.8. The number of nitrogens with zero attached hydrogens (tertiary/aromatic N) is 5. The molecule has 9 heteroatoms. The molecule has 5 rings (SSSR count). The average Bonchev–Trinajstić information content (AvgIpc) is 3.56. The van der Waals surface area contributed by atoms with Crippen LogP contribution in [0.4, 0.5) is 4.39 Å². The number of pyridine rings is 1. The molecule has 0 aliphatic rings. The highest BCUT2D eigenvalue weighted by molar-refractivity contribution is 5.80. The molecule has 1 unspecified atom stereocenters. The highest BCUT2D eigenvalue weighted by Gasteiger charge is 2.26. The number of fused-ring (bicyclic) bond motifs is 1. The highest BCUT2D eigenvalue weighted by atomic mass is 19.1. The van der Waals surface area contributed by atoms with Gasteiger partial charge < -0.3 is 9.40 Å². The lowest BCUT2D eigenvalue weighted by Crippen LogP contribution is -2.32. The van der Waals surface area contributed by atoms with Gasteiger partial charge in [0, 0.05) is 24.2 Å². The first kappa shape index (κ1) is 24.6. The van der Waals surface area contributed by atoms with Crippen molar-refractivity contribution in [2.75, 3.05) is 0 Å². The second-order valence-electron chi connectivity index (χ2n) is 9.38. The molecular weight excluding hydrogens is 471 g/mol. The Morgan fingerprint density at radius 2 is 1.86 bits per heavy atom. The first-order chi connectivity index (χ1) is 17.9. The normalized spacial score (nSPS) is 12.5. The van der Waals surface area contributed by atoms with E-state index in [0.717, 1.165) is 33.4 Å². The molecule has 0 aliphatic carbocycles. The Labute approximate surface area is 213 Å². The number of aryl methyl sites for hydroxylation is 2. The predicted molar refractivity (Wildman–Crippen MR) is 138 cm³/mol. The van der Waals surface area contributed by atoms with Crippen molar-refractivity contribution < 1.29 is 8.81 Å². The number of tetrazole rings is 1. The summed E-state index contributed by atoms with van der Waals surface area (Å²) in [6.07, 6.45) is 2.32. The van der Waals surface area contributed by atoms with Gasteiger partial charge in [-0.15, -0.1) is 5.10 Å². The summed E-state index contributed by atoms with van der Waals surface area (Å²) in [6.45, 7) is 7.39. The fraction of sp³-hybridized carbons (Fsp3) is 0.286. The van der Waals surface area contributed by atoms with Crippen LogP contribution >= 0.6 is 0 Å². The fourth-order valence-electron chi connectivity index (χ4n) is 4.68. The predicted octanol–water partition coefficient (Wildman–Crippen LogP) is 5.07. The van der Waals surface area contributed by atoms with Crippen molar-refractivity contribution in [3.63, 3.8) is 0 Å². The quantitative estimate of drug-likeness (QED) is 0.304. The molecule has 3 aromatic heterocycles. The maximum absolute atomic E-state index is 13.6. The molecule has 0 spiro atoms. The molecule has 8 nitrogen and oxygen atoms in total. The molecule has 0 aliphatic heterocycles. The number of H-pyrrole nitrogens is 1. The number of rotatable bonds is 9.